The van der Waals surface area contributed by atoms with E-state index in [0.29, 0.717) is 73.2 Å². The first-order valence-electron chi connectivity index (χ1n) is 26.3. The van der Waals surface area contributed by atoms with Gasteiger partial charge < -0.3 is 20.8 Å². The molecule has 3 aliphatic heterocycles. The maximum absolute atomic E-state index is 11.4. The molecule has 8 N–H and O–H groups in total. The Hall–Kier alpha value is -11.4. The van der Waals surface area contributed by atoms with Gasteiger partial charge in [-0.15, -0.1) is 15.3 Å². The minimum atomic E-state index is -0.555. The molecular weight excluding hydrogens is 1390 g/mol. The van der Waals surface area contributed by atoms with Crippen molar-refractivity contribution in [3.63, 3.8) is 0 Å². The van der Waals surface area contributed by atoms with Gasteiger partial charge in [0.05, 0.1) is 33.9 Å². The van der Waals surface area contributed by atoms with Crippen LogP contribution in [-0.2, 0) is 19.2 Å². The second-order valence-corrected chi connectivity index (χ2v) is 19.0. The van der Waals surface area contributed by atoms with Crippen LogP contribution in [0.4, 0.5) is 0 Å². The molecule has 467 valence electrons. The summed E-state index contributed by atoms with van der Waals surface area (Å²) >= 11 is 0.722. The number of hydrogen-bond donors (Lipinski definition) is 8. The van der Waals surface area contributed by atoms with Crippen molar-refractivity contribution in [3.8, 4) is 0 Å². The SMILES string of the molecule is CN1C(=O)CCC1=O.CN1C(=O)c2ccccc2C1=O.O=C1[C@@H]2[C@H](C(=O)N1O)[C@@H]1C=C[C@H]2C1.O=c1c2ccccc2nnn1O.OOn1nnc2ccccc21.O[At].On1cnc2ccccc21.On1cnc2cccnc21.On1nnc2ccccc21.[B]=NO. The molecule has 0 spiro atoms. The van der Waals surface area contributed by atoms with E-state index in [4.69, 9.17) is 39.7 Å². The topological polar surface area (TPSA) is 453 Å². The van der Waals surface area contributed by atoms with Crippen molar-refractivity contribution in [2.45, 2.75) is 19.3 Å². The fourth-order valence-corrected chi connectivity index (χ4v) is 9.41. The number of para-hydroxylation sites is 4. The Morgan fingerprint density at radius 3 is 1.52 bits per heavy atom. The molecule has 2 aliphatic carbocycles. The van der Waals surface area contributed by atoms with E-state index in [0.717, 1.165) is 66.7 Å². The molecule has 34 nitrogen and oxygen atoms in total. The summed E-state index contributed by atoms with van der Waals surface area (Å²) in [6.45, 7) is 0. The Labute approximate surface area is 527 Å². The molecule has 91 heavy (non-hydrogen) atoms. The third-order valence-corrected chi connectivity index (χ3v) is 13.8. The number of imidazole rings is 2. The van der Waals surface area contributed by atoms with E-state index in [9.17, 15) is 33.6 Å². The zero-order valence-electron chi connectivity index (χ0n) is 47.4. The molecule has 0 unspecified atom stereocenters. The molecule has 2 bridgehead atoms. The van der Waals surface area contributed by atoms with E-state index in [1.165, 1.54) is 31.6 Å². The van der Waals surface area contributed by atoms with Gasteiger partial charge in [0.25, 0.3) is 23.6 Å². The van der Waals surface area contributed by atoms with Crippen LogP contribution in [-0.4, -0.2) is 182 Å². The average Bonchev–Trinajstić information content (AvgIpc) is 1.59. The van der Waals surface area contributed by atoms with E-state index >= 15 is 0 Å². The Kier molecular flexibility index (Phi) is 23.3. The van der Waals surface area contributed by atoms with E-state index in [2.05, 4.69) is 58.5 Å². The zero-order chi connectivity index (χ0) is 65.9. The Bertz CT molecular complexity index is 4230. The molecule has 3 fully saturated rings. The molecule has 11 aromatic rings. The van der Waals surface area contributed by atoms with E-state index in [1.807, 2.05) is 59.7 Å². The second-order valence-electron chi connectivity index (χ2n) is 19.0. The average molecular weight is 1440 g/mol. The maximum atomic E-state index is 11.4. The fraction of sp³-hybridized carbons (Fsp3) is 0.164. The van der Waals surface area contributed by atoms with Crippen LogP contribution < -0.4 is 10.5 Å². The van der Waals surface area contributed by atoms with Crippen molar-refractivity contribution in [3.05, 3.63) is 186 Å². The summed E-state index contributed by atoms with van der Waals surface area (Å²) in [5, 5.41) is 84.1. The summed E-state index contributed by atoms with van der Waals surface area (Å²) in [6.07, 6.45) is 10.00. The standard InChI is InChI=1S/C9H9NO3.C9H7NO2.C7H5N3O2.C7H6N2O.C6H5N3O2.2C6H5N3O.C5H7NO2.AtHO.BHNO/c11-8-6-4-1-2-5(3-4)7(6)9(12)10(8)13;1-10-8(11)6-4-2-3-5-7(6)9(10)12;11-7-5-3-1-2-4-6(5)8-9-10(7)12;10-9-5-8-6-3-1-2-4-7(6)9;10-11-9-6-4-2-1-3-5(6)7-8-9;10-9-4-8-5-2-1-3-7-6(5)9;10-9-6-4-2-1-3-5(6)7-8-9;1-6-4(7)2-3-5(6)8;1-2;1-2-3/h1-2,4-7,13H,3H2;2-5H,1H3;1-4,12H;1-5,10H;1-4,10H;2*1-4,10H;2-3H2,1H3;2H;3H/t4-,5+,6-,7+;;;;;;;;;. The van der Waals surface area contributed by atoms with E-state index < -0.39 is 17.4 Å². The van der Waals surface area contributed by atoms with Gasteiger partial charge in [-0.3, -0.25) is 48.6 Å². The normalized spacial score (nSPS) is 16.6. The number of hydrogen-bond acceptors (Lipinski definition) is 26. The summed E-state index contributed by atoms with van der Waals surface area (Å²) in [5.74, 6) is -1.54. The first-order valence-corrected chi connectivity index (χ1v) is 27.6. The molecule has 5 aliphatic rings. The molecule has 5 aromatic carbocycles. The molecule has 6 aromatic heterocycles. The molecule has 4 atom stereocenters. The van der Waals surface area contributed by atoms with Crippen molar-refractivity contribution in [2.75, 3.05) is 14.1 Å². The van der Waals surface area contributed by atoms with Gasteiger partial charge in [0.2, 0.25) is 11.8 Å². The van der Waals surface area contributed by atoms with Crippen LogP contribution in [0.2, 0.25) is 0 Å². The predicted molar refractivity (Wildman–Crippen MR) is 307 cm³/mol. The fourth-order valence-electron chi connectivity index (χ4n) is 9.41. The van der Waals surface area contributed by atoms with Gasteiger partial charge in [-0.05, 0) is 116 Å². The van der Waals surface area contributed by atoms with Crippen molar-refractivity contribution in [1.82, 2.24) is 84.7 Å². The summed E-state index contributed by atoms with van der Waals surface area (Å²) in [4.78, 5) is 97.4. The third kappa shape index (κ3) is 15.7. The molecule has 16 rings (SSSR count). The first-order chi connectivity index (χ1) is 43.9. The van der Waals surface area contributed by atoms with Gasteiger partial charge >= 0.3 is 51.8 Å². The predicted octanol–water partition coefficient (Wildman–Crippen LogP) is 3.00. The van der Waals surface area contributed by atoms with Gasteiger partial charge in [-0.1, -0.05) is 77.7 Å². The van der Waals surface area contributed by atoms with Gasteiger partial charge in [0.15, 0.2) is 5.65 Å². The van der Waals surface area contributed by atoms with Crippen LogP contribution >= 0.6 is 0 Å². The number of benzene rings is 5. The summed E-state index contributed by atoms with van der Waals surface area (Å²) in [7, 11) is 7.03. The van der Waals surface area contributed by atoms with Crippen molar-refractivity contribution < 1.29 is 98.6 Å². The molecular formula is C55H51AtBN18O16. The number of hydroxylamine groups is 2. The van der Waals surface area contributed by atoms with Crippen LogP contribution in [0.1, 0.15) is 40.0 Å². The molecule has 1 radical (unpaired) electrons. The van der Waals surface area contributed by atoms with Crippen LogP contribution in [0.25, 0.3) is 55.2 Å². The molecule has 36 heteroatoms. The number of rotatable bonds is 1. The van der Waals surface area contributed by atoms with Gasteiger partial charge in [-0.2, -0.15) is 19.8 Å². The van der Waals surface area contributed by atoms with Gasteiger partial charge in [0, 0.05) is 33.1 Å². The van der Waals surface area contributed by atoms with Crippen molar-refractivity contribution >= 4 is 98.2 Å². The third-order valence-electron chi connectivity index (χ3n) is 13.8. The van der Waals surface area contributed by atoms with Crippen LogP contribution in [0.3, 0.4) is 0 Å². The Morgan fingerprint density at radius 1 is 0.527 bits per heavy atom. The molecule has 1 saturated carbocycles. The number of fused-ring (bicyclic) bond motifs is 11. The van der Waals surface area contributed by atoms with Crippen LogP contribution in [0.5, 0.6) is 0 Å². The number of imide groups is 3. The molecule has 2 saturated heterocycles. The summed E-state index contributed by atoms with van der Waals surface area (Å²) in [6, 6.07) is 38.8. The number of likely N-dealkylation sites (tertiary alicyclic amines) is 1. The van der Waals surface area contributed by atoms with Crippen molar-refractivity contribution in [1.29, 1.82) is 0 Å². The summed E-state index contributed by atoms with van der Waals surface area (Å²) < 4.78 is 8.96. The van der Waals surface area contributed by atoms with Crippen LogP contribution in [0, 0.1) is 48.8 Å². The number of carbonyl (C=O) groups excluding carboxylic acids is 6. The van der Waals surface area contributed by atoms with Crippen LogP contribution in [0.15, 0.2) is 174 Å². The monoisotopic (exact) mass is 1440 g/mol. The quantitative estimate of drug-likeness (QED) is 0.0223. The van der Waals surface area contributed by atoms with Gasteiger partial charge in [0.1, 0.15) is 51.3 Å². The number of nitrogens with zero attached hydrogens (tertiary/aromatic N) is 18. The van der Waals surface area contributed by atoms with Crippen molar-refractivity contribution in [2.24, 2.45) is 28.7 Å². The zero-order valence-corrected chi connectivity index (χ0v) is 50.3. The minimum absolute atomic E-state index is 0.0602. The Balaban J connectivity index is 0.000000147. The first kappa shape index (κ1) is 67.2. The summed E-state index contributed by atoms with van der Waals surface area (Å²) in [5.41, 5.74) is 6.31. The number of pyridine rings is 1. The number of allylic oxidation sites excluding steroid dienone is 2. The number of amides is 6. The Morgan fingerprint density at radius 2 is 0.978 bits per heavy atom. The van der Waals surface area contributed by atoms with E-state index in [-0.39, 0.29) is 52.1 Å². The number of carbonyl (C=O) groups is 6. The molecule has 6 amide bonds. The van der Waals surface area contributed by atoms with E-state index in [1.54, 1.807) is 97.2 Å². The number of aromatic nitrogens is 14. The van der Waals surface area contributed by atoms with Gasteiger partial charge in [-0.25, -0.2) is 19.9 Å². The molecule has 9 heterocycles. The second kappa shape index (κ2) is 31.5.